The number of fused-ring (bicyclic) bond motifs is 1. The number of esters is 2. The van der Waals surface area contributed by atoms with Gasteiger partial charge in [-0.05, 0) is 32.4 Å². The minimum atomic E-state index is -0.580. The number of rotatable bonds is 8. The van der Waals surface area contributed by atoms with E-state index in [1.807, 2.05) is 6.07 Å². The molecule has 0 aliphatic rings. The second kappa shape index (κ2) is 8.38. The first-order valence-corrected chi connectivity index (χ1v) is 7.98. The molecule has 2 rings (SSSR count). The lowest BCUT2D eigenvalue weighted by atomic mass is 9.94. The maximum absolute atomic E-state index is 12.3. The van der Waals surface area contributed by atoms with Crippen LogP contribution in [0.3, 0.4) is 0 Å². The van der Waals surface area contributed by atoms with E-state index in [0.717, 1.165) is 5.39 Å². The smallest absolute Gasteiger partial charge is 0.313 e. The predicted octanol–water partition coefficient (Wildman–Crippen LogP) is 3.43. The van der Waals surface area contributed by atoms with Gasteiger partial charge in [-0.25, -0.2) is 0 Å². The molecule has 0 aliphatic heterocycles. The average molecular weight is 334 g/mol. The molecule has 2 aromatic rings. The Hall–Kier alpha value is -2.50. The molecule has 130 valence electrons. The number of hydrogen-bond acceptors (Lipinski definition) is 6. The molecular formula is C18H22O6. The first kappa shape index (κ1) is 17.8. The van der Waals surface area contributed by atoms with Gasteiger partial charge in [-0.15, -0.1) is 0 Å². The third-order valence-electron chi connectivity index (χ3n) is 3.70. The summed E-state index contributed by atoms with van der Waals surface area (Å²) in [6.45, 7) is 4.09. The van der Waals surface area contributed by atoms with Crippen molar-refractivity contribution in [2.45, 2.75) is 32.6 Å². The third-order valence-corrected chi connectivity index (χ3v) is 3.70. The lowest BCUT2D eigenvalue weighted by Crippen LogP contribution is -2.17. The number of furan rings is 1. The molecule has 0 N–H and O–H groups in total. The largest absolute Gasteiger partial charge is 0.497 e. The molecule has 24 heavy (non-hydrogen) atoms. The van der Waals surface area contributed by atoms with Crippen LogP contribution < -0.4 is 4.74 Å². The van der Waals surface area contributed by atoms with Crippen molar-refractivity contribution < 1.29 is 28.2 Å². The Labute approximate surface area is 140 Å². The number of methoxy groups -OCH3 is 1. The highest BCUT2D eigenvalue weighted by Gasteiger charge is 2.27. The molecule has 1 aromatic heterocycles. The van der Waals surface area contributed by atoms with Crippen LogP contribution in [0.2, 0.25) is 0 Å². The van der Waals surface area contributed by atoms with E-state index >= 15 is 0 Å². The van der Waals surface area contributed by atoms with E-state index in [9.17, 15) is 9.59 Å². The van der Waals surface area contributed by atoms with Gasteiger partial charge >= 0.3 is 11.9 Å². The monoisotopic (exact) mass is 334 g/mol. The van der Waals surface area contributed by atoms with Crippen molar-refractivity contribution in [3.63, 3.8) is 0 Å². The highest BCUT2D eigenvalue weighted by atomic mass is 16.5. The summed E-state index contributed by atoms with van der Waals surface area (Å²) in [5, 5.41) is 0.803. The van der Waals surface area contributed by atoms with Crippen LogP contribution in [0.5, 0.6) is 5.75 Å². The Bertz CT molecular complexity index is 703. The van der Waals surface area contributed by atoms with Crippen molar-refractivity contribution in [1.29, 1.82) is 0 Å². The predicted molar refractivity (Wildman–Crippen MR) is 88.0 cm³/mol. The van der Waals surface area contributed by atoms with E-state index in [2.05, 4.69) is 0 Å². The van der Waals surface area contributed by atoms with E-state index in [4.69, 9.17) is 18.6 Å². The fourth-order valence-corrected chi connectivity index (χ4v) is 2.56. The van der Waals surface area contributed by atoms with Crippen molar-refractivity contribution in [3.05, 3.63) is 30.0 Å². The first-order chi connectivity index (χ1) is 11.6. The van der Waals surface area contributed by atoms with Gasteiger partial charge in [0.1, 0.15) is 11.3 Å². The molecule has 1 atom stereocenters. The standard InChI is InChI=1S/C18H22O6/c1-4-22-17(19)9-8-14(18(20)23-5-2)15-11-24-16-10-12(21-3)6-7-13(15)16/h6-7,10-11,14H,4-5,8-9H2,1-3H3. The maximum Gasteiger partial charge on any atom is 0.313 e. The second-order valence-corrected chi connectivity index (χ2v) is 5.20. The van der Waals surface area contributed by atoms with E-state index in [1.165, 1.54) is 6.26 Å². The third kappa shape index (κ3) is 4.07. The quantitative estimate of drug-likeness (QED) is 0.689. The van der Waals surface area contributed by atoms with Gasteiger partial charge in [0, 0.05) is 23.4 Å². The van der Waals surface area contributed by atoms with Crippen LogP contribution in [-0.2, 0) is 19.1 Å². The molecule has 0 spiro atoms. The summed E-state index contributed by atoms with van der Waals surface area (Å²) < 4.78 is 20.8. The van der Waals surface area contributed by atoms with Gasteiger partial charge in [0.05, 0.1) is 32.5 Å². The Morgan fingerprint density at radius 2 is 1.92 bits per heavy atom. The lowest BCUT2D eigenvalue weighted by Gasteiger charge is -2.14. The molecule has 0 amide bonds. The number of carbonyl (C=O) groups excluding carboxylic acids is 2. The van der Waals surface area contributed by atoms with Gasteiger partial charge in [0.25, 0.3) is 0 Å². The van der Waals surface area contributed by atoms with Crippen molar-refractivity contribution in [2.24, 2.45) is 0 Å². The van der Waals surface area contributed by atoms with Gasteiger partial charge in [0.2, 0.25) is 0 Å². The Balaban J connectivity index is 2.29. The van der Waals surface area contributed by atoms with Crippen molar-refractivity contribution in [1.82, 2.24) is 0 Å². The SMILES string of the molecule is CCOC(=O)CCC(C(=O)OCC)c1coc2cc(OC)ccc12. The minimum Gasteiger partial charge on any atom is -0.497 e. The van der Waals surface area contributed by atoms with E-state index in [0.29, 0.717) is 29.9 Å². The number of benzene rings is 1. The highest BCUT2D eigenvalue weighted by molar-refractivity contribution is 5.89. The molecule has 1 aromatic carbocycles. The molecule has 6 heteroatoms. The summed E-state index contributed by atoms with van der Waals surface area (Å²) >= 11 is 0. The topological polar surface area (TPSA) is 75.0 Å². The van der Waals surface area contributed by atoms with Crippen LogP contribution in [0, 0.1) is 0 Å². The lowest BCUT2D eigenvalue weighted by molar-refractivity contribution is -0.146. The van der Waals surface area contributed by atoms with Crippen LogP contribution in [0.1, 0.15) is 38.2 Å². The highest BCUT2D eigenvalue weighted by Crippen LogP contribution is 2.33. The number of hydrogen-bond donors (Lipinski definition) is 0. The molecule has 6 nitrogen and oxygen atoms in total. The van der Waals surface area contributed by atoms with Crippen LogP contribution in [0.15, 0.2) is 28.9 Å². The summed E-state index contributed by atoms with van der Waals surface area (Å²) in [6.07, 6.45) is 1.98. The van der Waals surface area contributed by atoms with Gasteiger partial charge in [-0.3, -0.25) is 9.59 Å². The molecule has 1 unspecified atom stereocenters. The molecule has 0 saturated carbocycles. The fraction of sp³-hybridized carbons (Fsp3) is 0.444. The van der Waals surface area contributed by atoms with E-state index < -0.39 is 5.92 Å². The summed E-state index contributed by atoms with van der Waals surface area (Å²) in [4.78, 5) is 24.0. The molecular weight excluding hydrogens is 312 g/mol. The summed E-state index contributed by atoms with van der Waals surface area (Å²) in [7, 11) is 1.58. The zero-order valence-corrected chi connectivity index (χ0v) is 14.2. The summed E-state index contributed by atoms with van der Waals surface area (Å²) in [6, 6.07) is 5.39. The van der Waals surface area contributed by atoms with Crippen LogP contribution in [0.25, 0.3) is 11.0 Å². The van der Waals surface area contributed by atoms with Crippen LogP contribution >= 0.6 is 0 Å². The minimum absolute atomic E-state index is 0.139. The van der Waals surface area contributed by atoms with Crippen LogP contribution in [-0.4, -0.2) is 32.3 Å². The number of ether oxygens (including phenoxy) is 3. The fourth-order valence-electron chi connectivity index (χ4n) is 2.56. The molecule has 0 saturated heterocycles. The van der Waals surface area contributed by atoms with Crippen molar-refractivity contribution in [2.75, 3.05) is 20.3 Å². The van der Waals surface area contributed by atoms with E-state index in [1.54, 1.807) is 33.1 Å². The van der Waals surface area contributed by atoms with Gasteiger partial charge < -0.3 is 18.6 Å². The van der Waals surface area contributed by atoms with Gasteiger partial charge in [0.15, 0.2) is 0 Å². The van der Waals surface area contributed by atoms with Crippen molar-refractivity contribution >= 4 is 22.9 Å². The Kier molecular flexibility index (Phi) is 6.23. The zero-order valence-electron chi connectivity index (χ0n) is 14.2. The molecule has 0 aliphatic carbocycles. The second-order valence-electron chi connectivity index (χ2n) is 5.20. The summed E-state index contributed by atoms with van der Waals surface area (Å²) in [5.41, 5.74) is 1.32. The van der Waals surface area contributed by atoms with Crippen LogP contribution in [0.4, 0.5) is 0 Å². The Morgan fingerprint density at radius 3 is 2.58 bits per heavy atom. The van der Waals surface area contributed by atoms with Gasteiger partial charge in [-0.2, -0.15) is 0 Å². The van der Waals surface area contributed by atoms with E-state index in [-0.39, 0.29) is 25.0 Å². The first-order valence-electron chi connectivity index (χ1n) is 7.98. The normalized spacial score (nSPS) is 12.0. The molecule has 0 radical (unpaired) electrons. The molecule has 1 heterocycles. The van der Waals surface area contributed by atoms with Gasteiger partial charge in [-0.1, -0.05) is 0 Å². The summed E-state index contributed by atoms with van der Waals surface area (Å²) in [5.74, 6) is -0.617. The molecule has 0 bridgehead atoms. The maximum atomic E-state index is 12.3. The van der Waals surface area contributed by atoms with Crippen molar-refractivity contribution in [3.8, 4) is 5.75 Å². The zero-order chi connectivity index (χ0) is 17.5. The molecule has 0 fully saturated rings. The Morgan fingerprint density at radius 1 is 1.17 bits per heavy atom. The number of carbonyl (C=O) groups is 2. The average Bonchev–Trinajstić information content (AvgIpc) is 2.98.